The minimum Gasteiger partial charge on any atom is -0.463 e. The van der Waals surface area contributed by atoms with E-state index in [1.165, 1.54) is 28.0 Å². The van der Waals surface area contributed by atoms with Crippen molar-refractivity contribution in [1.82, 2.24) is 10.2 Å². The van der Waals surface area contributed by atoms with Gasteiger partial charge < -0.3 is 19.7 Å². The fraction of sp³-hybridized carbons (Fsp3) is 0.474. The SMILES string of the molecule is CC(C)(C)OC(=O)C1C(COC=O)=CS[C@@H]2[C@H](NC(=O)Cc3cccs3)C(=O)N12. The summed E-state index contributed by atoms with van der Waals surface area (Å²) in [6.45, 7) is 5.37. The lowest BCUT2D eigenvalue weighted by atomic mass is 9.98. The average molecular weight is 439 g/mol. The second-order valence-corrected chi connectivity index (χ2v) is 9.63. The van der Waals surface area contributed by atoms with Crippen molar-refractivity contribution in [1.29, 1.82) is 0 Å². The number of fused-ring (bicyclic) bond motifs is 1. The number of thiophene rings is 1. The monoisotopic (exact) mass is 438 g/mol. The molecule has 3 rings (SSSR count). The van der Waals surface area contributed by atoms with Gasteiger partial charge in [-0.2, -0.15) is 0 Å². The van der Waals surface area contributed by atoms with Crippen molar-refractivity contribution in [3.63, 3.8) is 0 Å². The first kappa shape index (κ1) is 21.4. The van der Waals surface area contributed by atoms with Crippen LogP contribution in [-0.2, 0) is 35.1 Å². The molecule has 3 atom stereocenters. The van der Waals surface area contributed by atoms with Crippen molar-refractivity contribution in [2.24, 2.45) is 0 Å². The topological polar surface area (TPSA) is 102 Å². The number of amides is 2. The van der Waals surface area contributed by atoms with E-state index < -0.39 is 29.0 Å². The molecule has 1 fully saturated rings. The third-order valence-corrected chi connectivity index (χ3v) is 6.34. The van der Waals surface area contributed by atoms with Crippen molar-refractivity contribution in [3.05, 3.63) is 33.4 Å². The third-order valence-electron chi connectivity index (χ3n) is 4.25. The van der Waals surface area contributed by atoms with Crippen molar-refractivity contribution in [3.8, 4) is 0 Å². The number of esters is 1. The lowest BCUT2D eigenvalue weighted by molar-refractivity contribution is -0.170. The van der Waals surface area contributed by atoms with Crippen molar-refractivity contribution < 1.29 is 28.7 Å². The molecule has 1 aromatic rings. The zero-order valence-corrected chi connectivity index (χ0v) is 17.9. The zero-order chi connectivity index (χ0) is 21.2. The van der Waals surface area contributed by atoms with E-state index >= 15 is 0 Å². The summed E-state index contributed by atoms with van der Waals surface area (Å²) in [6, 6.07) is 2.01. The van der Waals surface area contributed by atoms with Gasteiger partial charge in [0.25, 0.3) is 6.47 Å². The van der Waals surface area contributed by atoms with E-state index in [4.69, 9.17) is 9.47 Å². The van der Waals surface area contributed by atoms with E-state index in [0.29, 0.717) is 5.57 Å². The van der Waals surface area contributed by atoms with Crippen LogP contribution in [0.15, 0.2) is 28.5 Å². The lowest BCUT2D eigenvalue weighted by Crippen LogP contribution is -2.74. The Bertz CT molecular complexity index is 830. The van der Waals surface area contributed by atoms with Crippen LogP contribution in [0.1, 0.15) is 25.6 Å². The first-order valence-electron chi connectivity index (χ1n) is 8.97. The summed E-state index contributed by atoms with van der Waals surface area (Å²) < 4.78 is 10.3. The Kier molecular flexibility index (Phi) is 6.33. The predicted molar refractivity (Wildman–Crippen MR) is 108 cm³/mol. The maximum atomic E-state index is 12.8. The Morgan fingerprint density at radius 1 is 1.34 bits per heavy atom. The summed E-state index contributed by atoms with van der Waals surface area (Å²) in [5, 5.41) is 5.91. The summed E-state index contributed by atoms with van der Waals surface area (Å²) in [5.74, 6) is -1.21. The molecule has 0 aliphatic carbocycles. The highest BCUT2D eigenvalue weighted by molar-refractivity contribution is 8.02. The van der Waals surface area contributed by atoms with E-state index in [1.54, 1.807) is 26.2 Å². The van der Waals surface area contributed by atoms with Gasteiger partial charge >= 0.3 is 5.97 Å². The molecule has 2 aliphatic heterocycles. The highest BCUT2D eigenvalue weighted by Crippen LogP contribution is 2.40. The number of carbonyl (C=O) groups is 4. The van der Waals surface area contributed by atoms with E-state index in [1.807, 2.05) is 17.5 Å². The Balaban J connectivity index is 1.73. The molecule has 156 valence electrons. The van der Waals surface area contributed by atoms with Crippen LogP contribution in [0.2, 0.25) is 0 Å². The molecule has 0 aromatic carbocycles. The van der Waals surface area contributed by atoms with Crippen molar-refractivity contribution >= 4 is 47.4 Å². The fourth-order valence-corrected chi connectivity index (χ4v) is 5.01. The Hall–Kier alpha value is -2.33. The molecular weight excluding hydrogens is 416 g/mol. The second-order valence-electron chi connectivity index (χ2n) is 7.61. The summed E-state index contributed by atoms with van der Waals surface area (Å²) in [7, 11) is 0. The standard InChI is InChI=1S/C19H22N2O6S2/c1-19(2,3)27-18(25)15-11(8-26-10-22)9-29-17-14(16(24)21(15)17)20-13(23)7-12-5-4-6-28-12/h4-6,9-10,14-15,17H,7-8H2,1-3H3,(H,20,23)/t14-,15?,17-/m1/s1. The van der Waals surface area contributed by atoms with Gasteiger partial charge in [0.2, 0.25) is 11.8 Å². The van der Waals surface area contributed by atoms with Crippen molar-refractivity contribution in [2.75, 3.05) is 6.61 Å². The van der Waals surface area contributed by atoms with Crippen LogP contribution >= 0.6 is 23.1 Å². The van der Waals surface area contributed by atoms with Crippen molar-refractivity contribution in [2.45, 2.75) is 50.3 Å². The van der Waals surface area contributed by atoms with Crippen LogP contribution in [0.25, 0.3) is 0 Å². The summed E-state index contributed by atoms with van der Waals surface area (Å²) in [4.78, 5) is 50.7. The summed E-state index contributed by atoms with van der Waals surface area (Å²) >= 11 is 2.77. The van der Waals surface area contributed by atoms with E-state index in [9.17, 15) is 19.2 Å². The number of thioether (sulfide) groups is 1. The van der Waals surface area contributed by atoms with Crippen LogP contribution < -0.4 is 5.32 Å². The molecule has 1 N–H and O–H groups in total. The number of rotatable bonds is 7. The minimum absolute atomic E-state index is 0.119. The van der Waals surface area contributed by atoms with Crippen LogP contribution in [0.3, 0.4) is 0 Å². The molecule has 0 bridgehead atoms. The number of hydrogen-bond acceptors (Lipinski definition) is 8. The van der Waals surface area contributed by atoms with Gasteiger partial charge in [-0.25, -0.2) is 4.79 Å². The molecule has 2 aliphatic rings. The normalized spacial score (nSPS) is 23.4. The number of β-lactam (4-membered cyclic amide) rings is 1. The molecule has 2 amide bonds. The molecule has 1 saturated heterocycles. The molecule has 0 radical (unpaired) electrons. The maximum Gasteiger partial charge on any atom is 0.333 e. The van der Waals surface area contributed by atoms with E-state index in [-0.39, 0.29) is 31.3 Å². The van der Waals surface area contributed by atoms with Gasteiger partial charge in [0.15, 0.2) is 6.04 Å². The molecule has 1 aromatic heterocycles. The van der Waals surface area contributed by atoms with Crippen LogP contribution in [0.5, 0.6) is 0 Å². The highest BCUT2D eigenvalue weighted by Gasteiger charge is 2.56. The third kappa shape index (κ3) is 4.81. The van der Waals surface area contributed by atoms with E-state index in [2.05, 4.69) is 5.32 Å². The average Bonchev–Trinajstić information content (AvgIpc) is 3.15. The second kappa shape index (κ2) is 8.58. The molecule has 1 unspecified atom stereocenters. The highest BCUT2D eigenvalue weighted by atomic mass is 32.2. The first-order valence-corrected chi connectivity index (χ1v) is 10.8. The van der Waals surface area contributed by atoms with E-state index in [0.717, 1.165) is 4.88 Å². The van der Waals surface area contributed by atoms with Crippen LogP contribution in [0.4, 0.5) is 0 Å². The Morgan fingerprint density at radius 2 is 2.10 bits per heavy atom. The number of ether oxygens (including phenoxy) is 2. The Morgan fingerprint density at radius 3 is 2.72 bits per heavy atom. The number of hydrogen-bond donors (Lipinski definition) is 1. The van der Waals surface area contributed by atoms with Gasteiger partial charge in [0.1, 0.15) is 23.6 Å². The Labute approximate surface area is 176 Å². The molecule has 29 heavy (non-hydrogen) atoms. The maximum absolute atomic E-state index is 12.8. The van der Waals surface area contributed by atoms with Crippen LogP contribution in [0, 0.1) is 0 Å². The van der Waals surface area contributed by atoms with Gasteiger partial charge in [0, 0.05) is 10.5 Å². The fourth-order valence-electron chi connectivity index (χ4n) is 3.10. The van der Waals surface area contributed by atoms with Gasteiger partial charge in [0.05, 0.1) is 6.42 Å². The quantitative estimate of drug-likeness (QED) is 0.391. The molecule has 3 heterocycles. The largest absolute Gasteiger partial charge is 0.463 e. The molecular formula is C19H22N2O6S2. The molecule has 8 nitrogen and oxygen atoms in total. The minimum atomic E-state index is -0.988. The lowest BCUT2D eigenvalue weighted by Gasteiger charge is -2.51. The van der Waals surface area contributed by atoms with Gasteiger partial charge in [-0.15, -0.1) is 23.1 Å². The number of carbonyl (C=O) groups excluding carboxylic acids is 4. The molecule has 0 spiro atoms. The number of nitrogens with one attached hydrogen (secondary N) is 1. The first-order chi connectivity index (χ1) is 13.7. The molecule has 0 saturated carbocycles. The van der Waals surface area contributed by atoms with Crippen LogP contribution in [-0.4, -0.2) is 58.8 Å². The summed E-state index contributed by atoms with van der Waals surface area (Å²) in [5.41, 5.74) is -0.278. The van der Waals surface area contributed by atoms with Gasteiger partial charge in [-0.05, 0) is 37.6 Å². The molecule has 10 heteroatoms. The number of nitrogens with zero attached hydrogens (tertiary/aromatic N) is 1. The van der Waals surface area contributed by atoms with Gasteiger partial charge in [-0.3, -0.25) is 14.4 Å². The smallest absolute Gasteiger partial charge is 0.333 e. The van der Waals surface area contributed by atoms with Gasteiger partial charge in [-0.1, -0.05) is 6.07 Å². The summed E-state index contributed by atoms with van der Waals surface area (Å²) in [6.07, 6.45) is 0.197. The predicted octanol–water partition coefficient (Wildman–Crippen LogP) is 1.46. The zero-order valence-electron chi connectivity index (χ0n) is 16.2.